The van der Waals surface area contributed by atoms with Gasteiger partial charge in [-0.3, -0.25) is 4.79 Å². The zero-order valence-electron chi connectivity index (χ0n) is 15.7. The minimum absolute atomic E-state index is 0.241. The molecule has 2 atom stereocenters. The molecule has 0 aromatic heterocycles. The first-order valence-electron chi connectivity index (χ1n) is 8.94. The number of hydrogen-bond acceptors (Lipinski definition) is 7. The first-order chi connectivity index (χ1) is 12.3. The van der Waals surface area contributed by atoms with Crippen molar-refractivity contribution in [2.75, 3.05) is 20.8 Å². The van der Waals surface area contributed by atoms with E-state index < -0.39 is 40.7 Å². The van der Waals surface area contributed by atoms with Gasteiger partial charge in [0.15, 0.2) is 0 Å². The van der Waals surface area contributed by atoms with Gasteiger partial charge >= 0.3 is 5.12 Å². The van der Waals surface area contributed by atoms with Crippen molar-refractivity contribution in [1.82, 2.24) is 4.31 Å². The second-order valence-corrected chi connectivity index (χ2v) is 12.5. The molecule has 0 saturated carbocycles. The molecule has 0 radical (unpaired) electrons. The fraction of sp³-hybridized carbons (Fsp3) is 0.933. The molecule has 0 aromatic rings. The molecule has 1 rings (SSSR count). The third-order valence-electron chi connectivity index (χ3n) is 4.88. The largest absolute Gasteiger partial charge is 0.344 e. The van der Waals surface area contributed by atoms with Gasteiger partial charge in [0.05, 0.1) is 0 Å². The molecule has 0 aromatic carbocycles. The summed E-state index contributed by atoms with van der Waals surface area (Å²) in [5.74, 6) is -1.89. The van der Waals surface area contributed by atoms with Gasteiger partial charge in [-0.1, -0.05) is 51.9 Å². The number of ether oxygens (including phenoxy) is 2. The molecule has 1 aliphatic rings. The molecule has 0 bridgehead atoms. The fourth-order valence-electron chi connectivity index (χ4n) is 3.37. The van der Waals surface area contributed by atoms with Crippen LogP contribution in [0.3, 0.4) is 0 Å². The van der Waals surface area contributed by atoms with Crippen LogP contribution < -0.4 is 0 Å². The van der Waals surface area contributed by atoms with E-state index in [2.05, 4.69) is 6.92 Å². The first kappa shape index (κ1) is 24.8. The summed E-state index contributed by atoms with van der Waals surface area (Å²) in [6, 6.07) is 0. The van der Waals surface area contributed by atoms with Crippen molar-refractivity contribution in [2.45, 2.75) is 69.1 Å². The molecule has 0 spiro atoms. The van der Waals surface area contributed by atoms with Gasteiger partial charge in [-0.15, -0.1) is 23.6 Å². The van der Waals surface area contributed by atoms with Gasteiger partial charge in [0.25, 0.3) is 15.8 Å². The Morgan fingerprint density at radius 2 is 1.42 bits per heavy atom. The van der Waals surface area contributed by atoms with Crippen LogP contribution in [-0.4, -0.2) is 49.4 Å². The highest BCUT2D eigenvalue weighted by Gasteiger charge is 2.72. The number of sulfonamides is 1. The molecule has 1 heterocycles. The molecular formula is C15H31NO5P2S3. The lowest BCUT2D eigenvalue weighted by molar-refractivity contribution is -0.207. The predicted molar refractivity (Wildman–Crippen MR) is 117 cm³/mol. The lowest BCUT2D eigenvalue weighted by Crippen LogP contribution is -2.55. The Morgan fingerprint density at radius 1 is 0.962 bits per heavy atom. The Hall–Kier alpha value is 0.800. The summed E-state index contributed by atoms with van der Waals surface area (Å²) in [5, 5.41) is -2.26. The van der Waals surface area contributed by atoms with Crippen LogP contribution in [0.2, 0.25) is 0 Å². The van der Waals surface area contributed by atoms with Crippen LogP contribution in [0.5, 0.6) is 0 Å². The smallest absolute Gasteiger partial charge is 0.323 e. The number of unbranched alkanes of at least 4 members (excludes halogenated alkanes) is 7. The average molecular weight is 464 g/mol. The predicted octanol–water partition coefficient (Wildman–Crippen LogP) is 2.69. The molecule has 0 amide bonds. The number of carbonyl (C=O) groups excluding carboxylic acids is 1. The molecule has 11 heteroatoms. The molecule has 2 unspecified atom stereocenters. The van der Waals surface area contributed by atoms with Crippen molar-refractivity contribution in [2.24, 2.45) is 0 Å². The normalized spacial score (nSPS) is 25.9. The van der Waals surface area contributed by atoms with E-state index in [0.717, 1.165) is 19.3 Å². The molecule has 1 aliphatic heterocycles. The standard InChI is InChI=1S/C15H31NO5P2S3/c1-4-5-6-7-8-9-10-11-12-16-15(22-24,23-25)14(20-2,21-3)13(17)26(16,18)19/h4-12,22-23H2,1-3H3. The van der Waals surface area contributed by atoms with Crippen LogP contribution in [0.4, 0.5) is 0 Å². The van der Waals surface area contributed by atoms with Gasteiger partial charge in [-0.05, 0) is 21.1 Å². The highest BCUT2D eigenvalue weighted by Crippen LogP contribution is 2.56. The second kappa shape index (κ2) is 11.1. The Morgan fingerprint density at radius 3 is 1.85 bits per heavy atom. The summed E-state index contributed by atoms with van der Waals surface area (Å²) in [6.45, 7) is 2.43. The maximum atomic E-state index is 12.7. The summed E-state index contributed by atoms with van der Waals surface area (Å²) >= 11 is 10.6. The minimum atomic E-state index is -4.18. The molecular weight excluding hydrogens is 432 g/mol. The Bertz CT molecular complexity index is 602. The molecule has 0 aliphatic carbocycles. The second-order valence-electron chi connectivity index (χ2n) is 6.43. The van der Waals surface area contributed by atoms with Crippen molar-refractivity contribution in [1.29, 1.82) is 0 Å². The topological polar surface area (TPSA) is 72.9 Å². The third kappa shape index (κ3) is 4.51. The van der Waals surface area contributed by atoms with Gasteiger partial charge in [-0.2, -0.15) is 4.31 Å². The SMILES string of the molecule is CCCCCCCCCCN1C([PH2]=S)([PH2]=S)C(OC)(OC)C(=O)S1(=O)=O. The van der Waals surface area contributed by atoms with Crippen molar-refractivity contribution in [3.8, 4) is 0 Å². The highest BCUT2D eigenvalue weighted by atomic mass is 32.4. The van der Waals surface area contributed by atoms with Gasteiger partial charge in [0.2, 0.25) is 0 Å². The molecule has 6 nitrogen and oxygen atoms in total. The zero-order chi connectivity index (χ0) is 19.8. The van der Waals surface area contributed by atoms with Gasteiger partial charge in [-0.25, -0.2) is 8.42 Å². The number of rotatable bonds is 13. The Kier molecular flexibility index (Phi) is 10.6. The lowest BCUT2D eigenvalue weighted by atomic mass is 10.1. The first-order valence-corrected chi connectivity index (χ1v) is 15.3. The van der Waals surface area contributed by atoms with E-state index in [1.54, 1.807) is 0 Å². The number of nitrogens with zero attached hydrogens (tertiary/aromatic N) is 1. The van der Waals surface area contributed by atoms with Crippen molar-refractivity contribution in [3.05, 3.63) is 0 Å². The highest BCUT2D eigenvalue weighted by molar-refractivity contribution is 8.10. The van der Waals surface area contributed by atoms with Crippen molar-refractivity contribution >= 4 is 53.5 Å². The van der Waals surface area contributed by atoms with E-state index in [-0.39, 0.29) is 6.54 Å². The minimum Gasteiger partial charge on any atom is -0.344 e. The number of hydrogen-bond donors (Lipinski definition) is 0. The maximum absolute atomic E-state index is 12.7. The molecule has 26 heavy (non-hydrogen) atoms. The quantitative estimate of drug-likeness (QED) is 0.236. The average Bonchev–Trinajstić information content (AvgIpc) is 2.79. The number of methoxy groups -OCH3 is 2. The van der Waals surface area contributed by atoms with Crippen molar-refractivity contribution < 1.29 is 22.7 Å². The van der Waals surface area contributed by atoms with Crippen LogP contribution in [0.1, 0.15) is 58.3 Å². The summed E-state index contributed by atoms with van der Waals surface area (Å²) in [4.78, 5) is 12.6. The van der Waals surface area contributed by atoms with Crippen LogP contribution >= 0.6 is 14.7 Å². The summed E-state index contributed by atoms with van der Waals surface area (Å²) in [5.41, 5.74) is 0. The van der Waals surface area contributed by atoms with E-state index in [4.69, 9.17) is 33.1 Å². The molecule has 1 saturated heterocycles. The summed E-state index contributed by atoms with van der Waals surface area (Å²) in [6.07, 6.45) is 8.73. The Labute approximate surface area is 170 Å². The summed E-state index contributed by atoms with van der Waals surface area (Å²) in [7, 11) is -3.39. The van der Waals surface area contributed by atoms with Crippen LogP contribution in [0.15, 0.2) is 0 Å². The molecule has 154 valence electrons. The summed E-state index contributed by atoms with van der Waals surface area (Å²) < 4.78 is 37.4. The van der Waals surface area contributed by atoms with Gasteiger partial charge < -0.3 is 9.47 Å². The van der Waals surface area contributed by atoms with Crippen molar-refractivity contribution in [3.63, 3.8) is 0 Å². The van der Waals surface area contributed by atoms with E-state index >= 15 is 0 Å². The van der Waals surface area contributed by atoms with E-state index in [1.165, 1.54) is 44.2 Å². The van der Waals surface area contributed by atoms with Gasteiger partial charge in [0.1, 0.15) is 5.02 Å². The third-order valence-corrected chi connectivity index (χ3v) is 13.8. The molecule has 0 N–H and O–H groups in total. The fourth-order valence-corrected chi connectivity index (χ4v) is 12.3. The van der Waals surface area contributed by atoms with E-state index in [1.807, 2.05) is 0 Å². The van der Waals surface area contributed by atoms with E-state index in [0.29, 0.717) is 6.42 Å². The zero-order valence-corrected chi connectivity index (χ0v) is 20.5. The monoisotopic (exact) mass is 463 g/mol. The lowest BCUT2D eigenvalue weighted by Gasteiger charge is -2.39. The maximum Gasteiger partial charge on any atom is 0.323 e. The molecule has 1 fully saturated rings. The van der Waals surface area contributed by atoms with E-state index in [9.17, 15) is 13.2 Å². The Balaban J connectivity index is 2.86. The van der Waals surface area contributed by atoms with Crippen LogP contribution in [-0.2, 0) is 47.9 Å². The van der Waals surface area contributed by atoms with Crippen LogP contribution in [0, 0.1) is 0 Å². The van der Waals surface area contributed by atoms with Gasteiger partial charge in [0, 0.05) is 20.8 Å². The number of carbonyl (C=O) groups is 1. The van der Waals surface area contributed by atoms with Crippen LogP contribution in [0.25, 0.3) is 0 Å².